The predicted octanol–water partition coefficient (Wildman–Crippen LogP) is 1.47. The van der Waals surface area contributed by atoms with Crippen molar-refractivity contribution in [2.24, 2.45) is 0 Å². The van der Waals surface area contributed by atoms with Crippen molar-refractivity contribution >= 4 is 11.9 Å². The Labute approximate surface area is 117 Å². The molecule has 1 aliphatic heterocycles. The number of benzene rings is 1. The number of rotatable bonds is 4. The normalized spacial score (nSPS) is 16.6. The fourth-order valence-electron chi connectivity index (χ4n) is 2.10. The molecule has 1 aromatic carbocycles. The van der Waals surface area contributed by atoms with Gasteiger partial charge in [-0.25, -0.2) is 4.79 Å². The fraction of sp³-hybridized carbons (Fsp3) is 0.333. The number of carbonyl (C=O) groups excluding carboxylic acids is 2. The van der Waals surface area contributed by atoms with Gasteiger partial charge in [0.1, 0.15) is 11.9 Å². The molecular weight excluding hydrogens is 258 g/mol. The SMILES string of the molecule is C/C=C/C(=O)NCC1Cc2cc(C(=O)OC)ccc2O1. The Balaban J connectivity index is 1.97. The molecule has 0 aromatic heterocycles. The van der Waals surface area contributed by atoms with Gasteiger partial charge in [-0.3, -0.25) is 4.79 Å². The Morgan fingerprint density at radius 1 is 1.50 bits per heavy atom. The van der Waals surface area contributed by atoms with Gasteiger partial charge in [0, 0.05) is 6.42 Å². The highest BCUT2D eigenvalue weighted by Crippen LogP contribution is 2.29. The Morgan fingerprint density at radius 2 is 2.30 bits per heavy atom. The summed E-state index contributed by atoms with van der Waals surface area (Å²) in [5, 5.41) is 2.77. The van der Waals surface area contributed by atoms with E-state index in [4.69, 9.17) is 4.74 Å². The second-order valence-electron chi connectivity index (χ2n) is 4.50. The largest absolute Gasteiger partial charge is 0.488 e. The van der Waals surface area contributed by atoms with Crippen LogP contribution in [0.1, 0.15) is 22.8 Å². The first kappa shape index (κ1) is 14.1. The molecule has 1 aliphatic rings. The number of amides is 1. The minimum atomic E-state index is -0.363. The first-order valence-corrected chi connectivity index (χ1v) is 6.42. The standard InChI is InChI=1S/C15H17NO4/c1-3-4-14(17)16-9-12-8-11-7-10(15(18)19-2)5-6-13(11)20-12/h3-7,12H,8-9H2,1-2H3,(H,16,17)/b4-3+. The van der Waals surface area contributed by atoms with Gasteiger partial charge in [0.2, 0.25) is 5.91 Å². The molecule has 0 aliphatic carbocycles. The summed E-state index contributed by atoms with van der Waals surface area (Å²) >= 11 is 0. The molecule has 0 spiro atoms. The third kappa shape index (κ3) is 3.17. The Hall–Kier alpha value is -2.30. The van der Waals surface area contributed by atoms with Gasteiger partial charge in [-0.05, 0) is 36.8 Å². The molecular formula is C15H17NO4. The van der Waals surface area contributed by atoms with Gasteiger partial charge in [0.15, 0.2) is 0 Å². The van der Waals surface area contributed by atoms with Crippen LogP contribution < -0.4 is 10.1 Å². The van der Waals surface area contributed by atoms with Crippen LogP contribution in [-0.2, 0) is 16.0 Å². The lowest BCUT2D eigenvalue weighted by Gasteiger charge is -2.10. The van der Waals surface area contributed by atoms with Crippen molar-refractivity contribution in [3.8, 4) is 5.75 Å². The quantitative estimate of drug-likeness (QED) is 0.667. The lowest BCUT2D eigenvalue weighted by molar-refractivity contribution is -0.116. The van der Waals surface area contributed by atoms with Crippen LogP contribution in [-0.4, -0.2) is 31.6 Å². The van der Waals surface area contributed by atoms with Crippen molar-refractivity contribution in [1.29, 1.82) is 0 Å². The first-order chi connectivity index (χ1) is 9.63. The van der Waals surface area contributed by atoms with Crippen LogP contribution in [0.4, 0.5) is 0 Å². The van der Waals surface area contributed by atoms with E-state index >= 15 is 0 Å². The number of hydrogen-bond acceptors (Lipinski definition) is 4. The summed E-state index contributed by atoms with van der Waals surface area (Å²) in [6, 6.07) is 5.20. The molecule has 1 heterocycles. The number of carbonyl (C=O) groups is 2. The lowest BCUT2D eigenvalue weighted by Crippen LogP contribution is -2.33. The molecule has 2 rings (SSSR count). The molecule has 20 heavy (non-hydrogen) atoms. The van der Waals surface area contributed by atoms with E-state index in [9.17, 15) is 9.59 Å². The first-order valence-electron chi connectivity index (χ1n) is 6.42. The van der Waals surface area contributed by atoms with Crippen LogP contribution in [0.2, 0.25) is 0 Å². The monoisotopic (exact) mass is 275 g/mol. The zero-order chi connectivity index (χ0) is 14.5. The van der Waals surface area contributed by atoms with Crippen LogP contribution >= 0.6 is 0 Å². The lowest BCUT2D eigenvalue weighted by atomic mass is 10.1. The number of nitrogens with one attached hydrogen (secondary N) is 1. The number of hydrogen-bond donors (Lipinski definition) is 1. The maximum atomic E-state index is 11.5. The molecule has 0 saturated heterocycles. The third-order valence-corrected chi connectivity index (χ3v) is 3.04. The number of allylic oxidation sites excluding steroid dienone is 1. The average Bonchev–Trinajstić information content (AvgIpc) is 2.86. The fourth-order valence-corrected chi connectivity index (χ4v) is 2.10. The molecule has 0 fully saturated rings. The number of fused-ring (bicyclic) bond motifs is 1. The smallest absolute Gasteiger partial charge is 0.337 e. The van der Waals surface area contributed by atoms with Crippen LogP contribution in [0.3, 0.4) is 0 Å². The zero-order valence-corrected chi connectivity index (χ0v) is 11.5. The Morgan fingerprint density at radius 3 is 3.00 bits per heavy atom. The molecule has 1 atom stereocenters. The van der Waals surface area contributed by atoms with Crippen molar-refractivity contribution in [2.45, 2.75) is 19.4 Å². The molecule has 1 amide bonds. The van der Waals surface area contributed by atoms with Crippen LogP contribution in [0.5, 0.6) is 5.75 Å². The molecule has 1 N–H and O–H groups in total. The predicted molar refractivity (Wildman–Crippen MR) is 73.7 cm³/mol. The van der Waals surface area contributed by atoms with E-state index in [-0.39, 0.29) is 18.0 Å². The summed E-state index contributed by atoms with van der Waals surface area (Å²) in [7, 11) is 1.35. The second-order valence-corrected chi connectivity index (χ2v) is 4.50. The van der Waals surface area contributed by atoms with Gasteiger partial charge in [-0.1, -0.05) is 6.08 Å². The summed E-state index contributed by atoms with van der Waals surface area (Å²) in [5.41, 5.74) is 1.46. The van der Waals surface area contributed by atoms with Gasteiger partial charge in [0.05, 0.1) is 19.2 Å². The number of esters is 1. The van der Waals surface area contributed by atoms with Crippen LogP contribution in [0.25, 0.3) is 0 Å². The highest BCUT2D eigenvalue weighted by molar-refractivity contribution is 5.90. The molecule has 5 heteroatoms. The third-order valence-electron chi connectivity index (χ3n) is 3.04. The minimum Gasteiger partial charge on any atom is -0.488 e. The van der Waals surface area contributed by atoms with Crippen molar-refractivity contribution in [1.82, 2.24) is 5.32 Å². The van der Waals surface area contributed by atoms with Gasteiger partial charge in [-0.15, -0.1) is 0 Å². The zero-order valence-electron chi connectivity index (χ0n) is 11.5. The van der Waals surface area contributed by atoms with Crippen molar-refractivity contribution in [3.63, 3.8) is 0 Å². The summed E-state index contributed by atoms with van der Waals surface area (Å²) < 4.78 is 10.4. The molecule has 0 radical (unpaired) electrons. The molecule has 5 nitrogen and oxygen atoms in total. The van der Waals surface area contributed by atoms with Gasteiger partial charge >= 0.3 is 5.97 Å². The second kappa shape index (κ2) is 6.23. The van der Waals surface area contributed by atoms with E-state index in [1.54, 1.807) is 31.2 Å². The summed E-state index contributed by atoms with van der Waals surface area (Å²) in [6.07, 6.45) is 3.71. The summed E-state index contributed by atoms with van der Waals surface area (Å²) in [4.78, 5) is 22.8. The molecule has 106 valence electrons. The van der Waals surface area contributed by atoms with Crippen LogP contribution in [0, 0.1) is 0 Å². The van der Waals surface area contributed by atoms with Gasteiger partial charge in [0.25, 0.3) is 0 Å². The topological polar surface area (TPSA) is 64.6 Å². The molecule has 0 bridgehead atoms. The molecule has 1 unspecified atom stereocenters. The Kier molecular flexibility index (Phi) is 4.40. The van der Waals surface area contributed by atoms with E-state index in [1.165, 1.54) is 13.2 Å². The molecule has 1 aromatic rings. The number of ether oxygens (including phenoxy) is 2. The van der Waals surface area contributed by atoms with E-state index in [2.05, 4.69) is 10.1 Å². The van der Waals surface area contributed by atoms with Crippen molar-refractivity contribution in [2.75, 3.05) is 13.7 Å². The Bertz CT molecular complexity index is 551. The van der Waals surface area contributed by atoms with Gasteiger partial charge < -0.3 is 14.8 Å². The van der Waals surface area contributed by atoms with E-state index < -0.39 is 0 Å². The van der Waals surface area contributed by atoms with E-state index in [1.807, 2.05) is 0 Å². The highest BCUT2D eigenvalue weighted by Gasteiger charge is 2.24. The van der Waals surface area contributed by atoms with Crippen LogP contribution in [0.15, 0.2) is 30.4 Å². The van der Waals surface area contributed by atoms with E-state index in [0.717, 1.165) is 11.3 Å². The highest BCUT2D eigenvalue weighted by atomic mass is 16.5. The maximum absolute atomic E-state index is 11.5. The molecule has 0 saturated carbocycles. The number of methoxy groups -OCH3 is 1. The average molecular weight is 275 g/mol. The summed E-state index contributed by atoms with van der Waals surface area (Å²) in [5.74, 6) is 0.253. The summed E-state index contributed by atoms with van der Waals surface area (Å²) in [6.45, 7) is 2.22. The maximum Gasteiger partial charge on any atom is 0.337 e. The van der Waals surface area contributed by atoms with Gasteiger partial charge in [-0.2, -0.15) is 0 Å². The van der Waals surface area contributed by atoms with E-state index in [0.29, 0.717) is 18.5 Å². The van der Waals surface area contributed by atoms with Crippen molar-refractivity contribution in [3.05, 3.63) is 41.5 Å². The van der Waals surface area contributed by atoms with Crippen molar-refractivity contribution < 1.29 is 19.1 Å². The minimum absolute atomic E-state index is 0.105.